The number of carbonyl (C=O) groups is 3. The quantitative estimate of drug-likeness (QED) is 0.155. The van der Waals surface area contributed by atoms with Crippen LogP contribution < -0.4 is 0 Å². The van der Waals surface area contributed by atoms with Crippen molar-refractivity contribution in [1.82, 2.24) is 0 Å². The molecule has 8 atom stereocenters. The molecule has 0 spiro atoms. The molecule has 0 rings (SSSR count). The standard InChI is InChI=1S/C6H12O7.C6H10O7/c2*7-1-2(8)3(9)4(10)5(11)6(12)13/h2-5,7-11H,1H2,(H,12,13);1-5,8-11H,(H,12,13)/t2-,3-,4+,5-;2-,3+,4+,5-/m10/s1. The van der Waals surface area contributed by atoms with E-state index in [1.165, 1.54) is 0 Å². The third-order valence-corrected chi connectivity index (χ3v) is 2.92. The highest BCUT2D eigenvalue weighted by Crippen LogP contribution is 2.05. The molecule has 0 radical (unpaired) electrons. The summed E-state index contributed by atoms with van der Waals surface area (Å²) in [5.41, 5.74) is 0. The summed E-state index contributed by atoms with van der Waals surface area (Å²) >= 11 is 0. The van der Waals surface area contributed by atoms with Crippen LogP contribution in [0.15, 0.2) is 0 Å². The summed E-state index contributed by atoms with van der Waals surface area (Å²) in [5, 5.41) is 95.0. The number of rotatable bonds is 10. The van der Waals surface area contributed by atoms with Crippen LogP contribution in [0.4, 0.5) is 0 Å². The molecule has 14 nitrogen and oxygen atoms in total. The molecule has 14 heteroatoms. The van der Waals surface area contributed by atoms with E-state index in [0.717, 1.165) is 0 Å². The van der Waals surface area contributed by atoms with Crippen molar-refractivity contribution < 1.29 is 70.6 Å². The number of aliphatic carboxylic acids is 2. The summed E-state index contributed by atoms with van der Waals surface area (Å²) in [4.78, 5) is 30.0. The van der Waals surface area contributed by atoms with Gasteiger partial charge in [-0.25, -0.2) is 9.59 Å². The third-order valence-electron chi connectivity index (χ3n) is 2.92. The van der Waals surface area contributed by atoms with Gasteiger partial charge in [0.1, 0.15) is 36.6 Å². The lowest BCUT2D eigenvalue weighted by Crippen LogP contribution is -2.48. The molecule has 0 saturated carbocycles. The van der Waals surface area contributed by atoms with Gasteiger partial charge < -0.3 is 61.0 Å². The maximum atomic E-state index is 10.1. The smallest absolute Gasteiger partial charge is 0.335 e. The Labute approximate surface area is 145 Å². The van der Waals surface area contributed by atoms with Gasteiger partial charge in [0.25, 0.3) is 0 Å². The first kappa shape index (κ1) is 26.5. The Bertz CT molecular complexity index is 442. The molecule has 0 aliphatic heterocycles. The van der Waals surface area contributed by atoms with Crippen molar-refractivity contribution >= 4 is 18.2 Å². The fourth-order valence-electron chi connectivity index (χ4n) is 1.28. The highest BCUT2D eigenvalue weighted by Gasteiger charge is 2.34. The number of carboxylic acids is 2. The summed E-state index contributed by atoms with van der Waals surface area (Å²) in [7, 11) is 0. The summed E-state index contributed by atoms with van der Waals surface area (Å²) in [5.74, 6) is -3.48. The Balaban J connectivity index is 0. The maximum absolute atomic E-state index is 10.1. The van der Waals surface area contributed by atoms with Gasteiger partial charge >= 0.3 is 11.9 Å². The first-order valence-corrected chi connectivity index (χ1v) is 6.79. The number of hydrogen-bond donors (Lipinski definition) is 11. The highest BCUT2D eigenvalue weighted by molar-refractivity contribution is 5.73. The normalized spacial score (nSPS) is 20.2. The Morgan fingerprint density at radius 3 is 1.31 bits per heavy atom. The zero-order valence-electron chi connectivity index (χ0n) is 13.0. The molecule has 11 N–H and O–H groups in total. The number of carboxylic acid groups (broad SMARTS) is 2. The fraction of sp³-hybridized carbons (Fsp3) is 0.750. The van der Waals surface area contributed by atoms with E-state index in [0.29, 0.717) is 0 Å². The van der Waals surface area contributed by atoms with Gasteiger partial charge in [-0.2, -0.15) is 0 Å². The molecule has 0 fully saturated rings. The van der Waals surface area contributed by atoms with Crippen LogP contribution in [0.25, 0.3) is 0 Å². The minimum atomic E-state index is -2.25. The van der Waals surface area contributed by atoms with Crippen molar-refractivity contribution in [3.8, 4) is 0 Å². The van der Waals surface area contributed by atoms with Crippen molar-refractivity contribution in [3.63, 3.8) is 0 Å². The maximum Gasteiger partial charge on any atom is 0.335 e. The first-order valence-electron chi connectivity index (χ1n) is 6.79. The van der Waals surface area contributed by atoms with Crippen molar-refractivity contribution in [2.45, 2.75) is 48.8 Å². The Morgan fingerprint density at radius 1 is 0.692 bits per heavy atom. The zero-order valence-corrected chi connectivity index (χ0v) is 13.0. The summed E-state index contributed by atoms with van der Waals surface area (Å²) in [6.45, 7) is -0.843. The van der Waals surface area contributed by atoms with Gasteiger partial charge in [-0.1, -0.05) is 0 Å². The number of aldehydes is 1. The molecule has 0 unspecified atom stereocenters. The Hall–Kier alpha value is -1.75. The van der Waals surface area contributed by atoms with Crippen molar-refractivity contribution in [3.05, 3.63) is 0 Å². The molecule has 0 saturated heterocycles. The number of carbonyl (C=O) groups excluding carboxylic acids is 1. The number of aliphatic hydroxyl groups is 9. The van der Waals surface area contributed by atoms with E-state index in [1.807, 2.05) is 0 Å². The van der Waals surface area contributed by atoms with Crippen LogP contribution in [0.3, 0.4) is 0 Å². The van der Waals surface area contributed by atoms with Crippen LogP contribution in [-0.4, -0.2) is 130 Å². The van der Waals surface area contributed by atoms with Crippen LogP contribution in [0.2, 0.25) is 0 Å². The third kappa shape index (κ3) is 8.56. The van der Waals surface area contributed by atoms with Gasteiger partial charge in [-0.3, -0.25) is 0 Å². The summed E-state index contributed by atoms with van der Waals surface area (Å²) in [6, 6.07) is 0. The molecule has 26 heavy (non-hydrogen) atoms. The van der Waals surface area contributed by atoms with Crippen LogP contribution in [0, 0.1) is 0 Å². The lowest BCUT2D eigenvalue weighted by atomic mass is 10.0. The lowest BCUT2D eigenvalue weighted by molar-refractivity contribution is -0.164. The van der Waals surface area contributed by atoms with Gasteiger partial charge in [0.15, 0.2) is 18.5 Å². The van der Waals surface area contributed by atoms with E-state index in [2.05, 4.69) is 0 Å². The van der Waals surface area contributed by atoms with Gasteiger partial charge in [-0.05, 0) is 0 Å². The second-order valence-corrected chi connectivity index (χ2v) is 4.91. The van der Waals surface area contributed by atoms with Gasteiger partial charge in [0.2, 0.25) is 0 Å². The van der Waals surface area contributed by atoms with E-state index < -0.39 is 67.4 Å². The number of aliphatic hydroxyl groups excluding tert-OH is 9. The zero-order chi connectivity index (χ0) is 21.2. The number of hydrogen-bond acceptors (Lipinski definition) is 12. The Kier molecular flexibility index (Phi) is 12.8. The van der Waals surface area contributed by atoms with E-state index >= 15 is 0 Å². The Morgan fingerprint density at radius 2 is 1.04 bits per heavy atom. The molecule has 0 aromatic heterocycles. The molecule has 0 aromatic carbocycles. The van der Waals surface area contributed by atoms with Gasteiger partial charge in [0, 0.05) is 0 Å². The van der Waals surface area contributed by atoms with Crippen LogP contribution in [0.5, 0.6) is 0 Å². The van der Waals surface area contributed by atoms with E-state index in [1.54, 1.807) is 0 Å². The molecular weight excluding hydrogens is 368 g/mol. The molecule has 0 amide bonds. The molecule has 0 aliphatic carbocycles. The van der Waals surface area contributed by atoms with Crippen LogP contribution in [0.1, 0.15) is 0 Å². The van der Waals surface area contributed by atoms with Crippen molar-refractivity contribution in [1.29, 1.82) is 0 Å². The van der Waals surface area contributed by atoms with Crippen LogP contribution >= 0.6 is 0 Å². The largest absolute Gasteiger partial charge is 0.479 e. The van der Waals surface area contributed by atoms with Crippen molar-refractivity contribution in [2.75, 3.05) is 6.61 Å². The molecule has 0 aliphatic rings. The molecule has 0 aromatic rings. The monoisotopic (exact) mass is 390 g/mol. The van der Waals surface area contributed by atoms with E-state index in [-0.39, 0.29) is 6.29 Å². The molecular formula is C12H22O14. The average molecular weight is 390 g/mol. The van der Waals surface area contributed by atoms with Gasteiger partial charge in [0.05, 0.1) is 6.61 Å². The molecule has 0 heterocycles. The van der Waals surface area contributed by atoms with Crippen LogP contribution in [-0.2, 0) is 14.4 Å². The SMILES string of the molecule is O=C(O)[C@H](O)[C@@H](O)[C@H](O)[C@H](O)CO.O=C[C@H](O)[C@@H](O)[C@@H](O)[C@H](O)C(=O)O. The average Bonchev–Trinajstić information content (AvgIpc) is 2.62. The minimum Gasteiger partial charge on any atom is -0.479 e. The summed E-state index contributed by atoms with van der Waals surface area (Å²) < 4.78 is 0. The predicted octanol–water partition coefficient (Wildman–Crippen LogP) is -6.78. The van der Waals surface area contributed by atoms with E-state index in [4.69, 9.17) is 56.2 Å². The predicted molar refractivity (Wildman–Crippen MR) is 76.5 cm³/mol. The van der Waals surface area contributed by atoms with Crippen molar-refractivity contribution in [2.24, 2.45) is 0 Å². The van der Waals surface area contributed by atoms with E-state index in [9.17, 15) is 14.4 Å². The first-order chi connectivity index (χ1) is 11.8. The highest BCUT2D eigenvalue weighted by atomic mass is 16.4. The second kappa shape index (κ2) is 12.6. The minimum absolute atomic E-state index is 0.0809. The molecule has 0 bridgehead atoms. The lowest BCUT2D eigenvalue weighted by Gasteiger charge is -2.23. The topological polar surface area (TPSA) is 274 Å². The van der Waals surface area contributed by atoms with Gasteiger partial charge in [-0.15, -0.1) is 0 Å². The molecule has 154 valence electrons. The summed E-state index contributed by atoms with van der Waals surface area (Å²) in [6.07, 6.45) is -16.2. The fourth-order valence-corrected chi connectivity index (χ4v) is 1.28. The second-order valence-electron chi connectivity index (χ2n) is 4.91.